The van der Waals surface area contributed by atoms with Crippen molar-refractivity contribution in [1.82, 2.24) is 14.9 Å². The van der Waals surface area contributed by atoms with Gasteiger partial charge in [-0.1, -0.05) is 18.2 Å². The SMILES string of the molecule is Cc1cccc2c1OCC[C@H]2Nc1cc(N2CCN(C)C(=O)C2)ncn1. The number of carbonyl (C=O) groups excluding carboxylic acids is 1. The molecule has 1 aromatic heterocycles. The zero-order valence-corrected chi connectivity index (χ0v) is 15.1. The molecule has 136 valence electrons. The lowest BCUT2D eigenvalue weighted by molar-refractivity contribution is -0.129. The average molecular weight is 353 g/mol. The molecule has 1 fully saturated rings. The van der Waals surface area contributed by atoms with Crippen LogP contribution in [-0.4, -0.2) is 54.1 Å². The summed E-state index contributed by atoms with van der Waals surface area (Å²) < 4.78 is 5.84. The maximum atomic E-state index is 12.0. The molecule has 7 nitrogen and oxygen atoms in total. The topological polar surface area (TPSA) is 70.6 Å². The average Bonchev–Trinajstić information content (AvgIpc) is 2.65. The summed E-state index contributed by atoms with van der Waals surface area (Å²) in [6, 6.07) is 8.28. The van der Waals surface area contributed by atoms with Gasteiger partial charge in [-0.15, -0.1) is 0 Å². The van der Waals surface area contributed by atoms with E-state index < -0.39 is 0 Å². The molecule has 1 saturated heterocycles. The van der Waals surface area contributed by atoms with Crippen molar-refractivity contribution < 1.29 is 9.53 Å². The third-order valence-electron chi connectivity index (χ3n) is 5.03. The van der Waals surface area contributed by atoms with E-state index in [-0.39, 0.29) is 11.9 Å². The molecule has 7 heteroatoms. The third-order valence-corrected chi connectivity index (χ3v) is 5.03. The summed E-state index contributed by atoms with van der Waals surface area (Å²) in [5.74, 6) is 2.62. The Labute approximate surface area is 153 Å². The molecule has 0 radical (unpaired) electrons. The summed E-state index contributed by atoms with van der Waals surface area (Å²) in [4.78, 5) is 24.4. The Hall–Kier alpha value is -2.83. The van der Waals surface area contributed by atoms with E-state index in [9.17, 15) is 4.79 Å². The summed E-state index contributed by atoms with van der Waals surface area (Å²) in [6.45, 7) is 4.58. The van der Waals surface area contributed by atoms with Crippen molar-refractivity contribution >= 4 is 17.5 Å². The van der Waals surface area contributed by atoms with Crippen LogP contribution in [0, 0.1) is 6.92 Å². The largest absolute Gasteiger partial charge is 0.493 e. The van der Waals surface area contributed by atoms with Crippen LogP contribution >= 0.6 is 0 Å². The Kier molecular flexibility index (Phi) is 4.36. The van der Waals surface area contributed by atoms with Gasteiger partial charge in [0.15, 0.2) is 0 Å². The number of carbonyl (C=O) groups is 1. The molecule has 1 atom stereocenters. The van der Waals surface area contributed by atoms with Gasteiger partial charge in [0.05, 0.1) is 19.2 Å². The standard InChI is InChI=1S/C19H23N5O2/c1-13-4-3-5-14-15(6-9-26-19(13)14)22-16-10-17(21-12-20-16)24-8-7-23(2)18(25)11-24/h3-5,10,12,15H,6-9,11H2,1-2H3,(H,20,21,22)/t15-/m1/s1. The molecule has 1 aromatic carbocycles. The number of hydrogen-bond donors (Lipinski definition) is 1. The van der Waals surface area contributed by atoms with E-state index >= 15 is 0 Å². The molecular formula is C19H23N5O2. The van der Waals surface area contributed by atoms with Gasteiger partial charge < -0.3 is 19.9 Å². The molecule has 1 N–H and O–H groups in total. The minimum atomic E-state index is 0.109. The molecule has 26 heavy (non-hydrogen) atoms. The number of nitrogens with zero attached hydrogens (tertiary/aromatic N) is 4. The number of ether oxygens (including phenoxy) is 1. The molecule has 4 rings (SSSR count). The van der Waals surface area contributed by atoms with Gasteiger partial charge in [-0.05, 0) is 12.5 Å². The number of fused-ring (bicyclic) bond motifs is 1. The Morgan fingerprint density at radius 3 is 3.00 bits per heavy atom. The van der Waals surface area contributed by atoms with Crippen molar-refractivity contribution in [3.05, 3.63) is 41.7 Å². The number of aryl methyl sites for hydroxylation is 1. The lowest BCUT2D eigenvalue weighted by Gasteiger charge is -2.33. The number of para-hydroxylation sites is 1. The number of likely N-dealkylation sites (N-methyl/N-ethyl adjacent to an activating group) is 1. The second-order valence-electron chi connectivity index (χ2n) is 6.83. The van der Waals surface area contributed by atoms with Gasteiger partial charge in [0.2, 0.25) is 5.91 Å². The van der Waals surface area contributed by atoms with Crippen molar-refractivity contribution in [2.75, 3.05) is 43.5 Å². The Balaban J connectivity index is 1.54. The van der Waals surface area contributed by atoms with E-state index in [4.69, 9.17) is 4.74 Å². The Morgan fingerprint density at radius 2 is 2.15 bits per heavy atom. The van der Waals surface area contributed by atoms with Crippen LogP contribution in [-0.2, 0) is 4.79 Å². The van der Waals surface area contributed by atoms with E-state index in [1.165, 1.54) is 0 Å². The van der Waals surface area contributed by atoms with E-state index in [0.717, 1.165) is 41.5 Å². The highest BCUT2D eigenvalue weighted by molar-refractivity contribution is 5.82. The fourth-order valence-corrected chi connectivity index (χ4v) is 3.46. The van der Waals surface area contributed by atoms with Crippen LogP contribution < -0.4 is 15.0 Å². The minimum Gasteiger partial charge on any atom is -0.493 e. The molecule has 0 unspecified atom stereocenters. The molecule has 0 spiro atoms. The smallest absolute Gasteiger partial charge is 0.241 e. The first kappa shape index (κ1) is 16.6. The van der Waals surface area contributed by atoms with Crippen molar-refractivity contribution in [3.8, 4) is 5.75 Å². The lowest BCUT2D eigenvalue weighted by Crippen LogP contribution is -2.48. The number of amides is 1. The summed E-state index contributed by atoms with van der Waals surface area (Å²) in [5, 5.41) is 3.51. The summed E-state index contributed by atoms with van der Waals surface area (Å²) >= 11 is 0. The molecule has 2 aliphatic rings. The van der Waals surface area contributed by atoms with Crippen LogP contribution in [0.1, 0.15) is 23.6 Å². The lowest BCUT2D eigenvalue weighted by atomic mass is 9.98. The van der Waals surface area contributed by atoms with E-state index in [0.29, 0.717) is 19.7 Å². The number of piperazine rings is 1. The predicted octanol–water partition coefficient (Wildman–Crippen LogP) is 2.00. The van der Waals surface area contributed by atoms with Crippen LogP contribution in [0.3, 0.4) is 0 Å². The predicted molar refractivity (Wildman–Crippen MR) is 99.5 cm³/mol. The summed E-state index contributed by atoms with van der Waals surface area (Å²) in [5.41, 5.74) is 2.31. The fourth-order valence-electron chi connectivity index (χ4n) is 3.46. The molecular weight excluding hydrogens is 330 g/mol. The molecule has 0 bridgehead atoms. The first-order valence-corrected chi connectivity index (χ1v) is 8.91. The fraction of sp³-hybridized carbons (Fsp3) is 0.421. The van der Waals surface area contributed by atoms with Crippen LogP contribution in [0.5, 0.6) is 5.75 Å². The van der Waals surface area contributed by atoms with Gasteiger partial charge in [0.25, 0.3) is 0 Å². The number of nitrogens with one attached hydrogen (secondary N) is 1. The Morgan fingerprint density at radius 1 is 1.27 bits per heavy atom. The highest BCUT2D eigenvalue weighted by atomic mass is 16.5. The normalized spacial score (nSPS) is 19.8. The first-order valence-electron chi connectivity index (χ1n) is 8.91. The van der Waals surface area contributed by atoms with Gasteiger partial charge in [0, 0.05) is 38.2 Å². The van der Waals surface area contributed by atoms with Gasteiger partial charge in [-0.3, -0.25) is 4.79 Å². The van der Waals surface area contributed by atoms with E-state index in [1.54, 1.807) is 11.2 Å². The molecule has 3 heterocycles. The summed E-state index contributed by atoms with van der Waals surface area (Å²) in [7, 11) is 1.83. The van der Waals surface area contributed by atoms with Gasteiger partial charge in [-0.25, -0.2) is 9.97 Å². The first-order chi connectivity index (χ1) is 12.6. The number of benzene rings is 1. The highest BCUT2D eigenvalue weighted by Crippen LogP contribution is 2.36. The zero-order valence-electron chi connectivity index (χ0n) is 15.1. The molecule has 2 aliphatic heterocycles. The number of rotatable bonds is 3. The minimum absolute atomic E-state index is 0.109. The maximum Gasteiger partial charge on any atom is 0.241 e. The van der Waals surface area contributed by atoms with Crippen molar-refractivity contribution in [2.45, 2.75) is 19.4 Å². The van der Waals surface area contributed by atoms with Crippen molar-refractivity contribution in [1.29, 1.82) is 0 Å². The zero-order chi connectivity index (χ0) is 18.1. The quantitative estimate of drug-likeness (QED) is 0.910. The van der Waals surface area contributed by atoms with Crippen molar-refractivity contribution in [2.24, 2.45) is 0 Å². The van der Waals surface area contributed by atoms with Crippen molar-refractivity contribution in [3.63, 3.8) is 0 Å². The van der Waals surface area contributed by atoms with Gasteiger partial charge in [0.1, 0.15) is 23.7 Å². The number of hydrogen-bond acceptors (Lipinski definition) is 6. The summed E-state index contributed by atoms with van der Waals surface area (Å²) in [6.07, 6.45) is 2.43. The molecule has 2 aromatic rings. The maximum absolute atomic E-state index is 12.0. The van der Waals surface area contributed by atoms with Gasteiger partial charge in [-0.2, -0.15) is 0 Å². The highest BCUT2D eigenvalue weighted by Gasteiger charge is 2.25. The van der Waals surface area contributed by atoms with Crippen LogP contribution in [0.4, 0.5) is 11.6 Å². The molecule has 0 aliphatic carbocycles. The second kappa shape index (κ2) is 6.82. The van der Waals surface area contributed by atoms with E-state index in [2.05, 4.69) is 40.4 Å². The number of aromatic nitrogens is 2. The monoisotopic (exact) mass is 353 g/mol. The third kappa shape index (κ3) is 3.16. The van der Waals surface area contributed by atoms with Crippen LogP contribution in [0.2, 0.25) is 0 Å². The van der Waals surface area contributed by atoms with Crippen LogP contribution in [0.25, 0.3) is 0 Å². The van der Waals surface area contributed by atoms with E-state index in [1.807, 2.05) is 18.0 Å². The molecule has 0 saturated carbocycles. The number of anilines is 2. The van der Waals surface area contributed by atoms with Gasteiger partial charge >= 0.3 is 0 Å². The second-order valence-corrected chi connectivity index (χ2v) is 6.83. The molecule has 1 amide bonds. The van der Waals surface area contributed by atoms with Crippen LogP contribution in [0.15, 0.2) is 30.6 Å². The Bertz CT molecular complexity index is 825.